The standard InChI is InChI=1S/C62H48/c1-3-17-42(18-4-1)57-49-25-9-7-21-44(49)36-46-23-15-30-53(59(46)57)51-27-11-12-29-55(51)61-48-34-40-33-41(35-48)39-62(61,38-40)56-32-14-13-28-52(56)54-31-16-24-47-37-45-22-8-10-26-50(45)58(60(47)54)43-19-5-2-6-20-43/h1-32,36-37,40-41,48,61H,33-35,38-39H2. The van der Waals surface area contributed by atoms with Crippen LogP contribution < -0.4 is 0 Å². The first-order valence-electron chi connectivity index (χ1n) is 22.9. The van der Waals surface area contributed by atoms with Crippen LogP contribution in [0.25, 0.3) is 87.6 Å². The lowest BCUT2D eigenvalue weighted by molar-refractivity contribution is -0.0276. The van der Waals surface area contributed by atoms with E-state index < -0.39 is 0 Å². The van der Waals surface area contributed by atoms with Gasteiger partial charge in [0.2, 0.25) is 0 Å². The molecule has 4 bridgehead atoms. The van der Waals surface area contributed by atoms with Crippen LogP contribution in [0.3, 0.4) is 0 Å². The van der Waals surface area contributed by atoms with Crippen LogP contribution in [0.15, 0.2) is 206 Å². The quantitative estimate of drug-likeness (QED) is 0.147. The van der Waals surface area contributed by atoms with Crippen molar-refractivity contribution in [3.05, 3.63) is 217 Å². The van der Waals surface area contributed by atoms with E-state index in [-0.39, 0.29) is 5.41 Å². The van der Waals surface area contributed by atoms with Crippen molar-refractivity contribution in [2.24, 2.45) is 17.8 Å². The summed E-state index contributed by atoms with van der Waals surface area (Å²) in [5.74, 6) is 2.60. The summed E-state index contributed by atoms with van der Waals surface area (Å²) in [7, 11) is 0. The van der Waals surface area contributed by atoms with Crippen molar-refractivity contribution in [2.45, 2.75) is 43.4 Å². The lowest BCUT2D eigenvalue weighted by atomic mass is 9.42. The van der Waals surface area contributed by atoms with Crippen molar-refractivity contribution in [3.8, 4) is 44.5 Å². The molecule has 0 spiro atoms. The Morgan fingerprint density at radius 2 is 0.806 bits per heavy atom. The highest BCUT2D eigenvalue weighted by molar-refractivity contribution is 6.19. The maximum atomic E-state index is 2.55. The van der Waals surface area contributed by atoms with Gasteiger partial charge in [0.05, 0.1) is 0 Å². The predicted molar refractivity (Wildman–Crippen MR) is 263 cm³/mol. The van der Waals surface area contributed by atoms with Crippen molar-refractivity contribution >= 4 is 43.1 Å². The zero-order chi connectivity index (χ0) is 40.8. The fraction of sp³-hybridized carbons (Fsp3) is 0.161. The molecule has 3 unspecified atom stereocenters. The number of hydrogen-bond donors (Lipinski definition) is 0. The van der Waals surface area contributed by atoms with Crippen molar-refractivity contribution in [1.82, 2.24) is 0 Å². The van der Waals surface area contributed by atoms with Crippen LogP contribution in [0, 0.1) is 17.8 Å². The second-order valence-electron chi connectivity index (χ2n) is 18.9. The third-order valence-electron chi connectivity index (χ3n) is 15.6. The molecule has 0 radical (unpaired) electrons. The second-order valence-corrected chi connectivity index (χ2v) is 18.9. The lowest BCUT2D eigenvalue weighted by Gasteiger charge is -2.62. The van der Waals surface area contributed by atoms with E-state index >= 15 is 0 Å². The molecule has 14 rings (SSSR count). The minimum absolute atomic E-state index is 0.0207. The maximum absolute atomic E-state index is 2.55. The van der Waals surface area contributed by atoms with Crippen molar-refractivity contribution in [3.63, 3.8) is 0 Å². The van der Waals surface area contributed by atoms with Gasteiger partial charge < -0.3 is 0 Å². The number of benzene rings is 10. The molecule has 0 N–H and O–H groups in total. The molecule has 296 valence electrons. The zero-order valence-electron chi connectivity index (χ0n) is 35.0. The van der Waals surface area contributed by atoms with Gasteiger partial charge in [-0.1, -0.05) is 194 Å². The summed E-state index contributed by atoms with van der Waals surface area (Å²) in [6, 6.07) is 78.5. The average Bonchev–Trinajstić information content (AvgIpc) is 3.32. The third-order valence-corrected chi connectivity index (χ3v) is 15.6. The van der Waals surface area contributed by atoms with Crippen LogP contribution in [-0.2, 0) is 5.41 Å². The molecule has 0 aliphatic heterocycles. The van der Waals surface area contributed by atoms with E-state index in [1.165, 1.54) is 120 Å². The van der Waals surface area contributed by atoms with Crippen molar-refractivity contribution in [2.75, 3.05) is 0 Å². The van der Waals surface area contributed by atoms with Gasteiger partial charge in [0.15, 0.2) is 0 Å². The van der Waals surface area contributed by atoms with Crippen LogP contribution in [0.4, 0.5) is 0 Å². The van der Waals surface area contributed by atoms with Gasteiger partial charge in [-0.2, -0.15) is 0 Å². The molecule has 4 aliphatic carbocycles. The molecular formula is C62H48. The van der Waals surface area contributed by atoms with Gasteiger partial charge in [0.1, 0.15) is 0 Å². The van der Waals surface area contributed by atoms with Gasteiger partial charge in [-0.25, -0.2) is 0 Å². The van der Waals surface area contributed by atoms with E-state index in [2.05, 4.69) is 206 Å². The Labute approximate surface area is 364 Å². The Kier molecular flexibility index (Phi) is 8.20. The van der Waals surface area contributed by atoms with Crippen LogP contribution >= 0.6 is 0 Å². The molecule has 4 saturated carbocycles. The first kappa shape index (κ1) is 35.9. The first-order valence-corrected chi connectivity index (χ1v) is 22.9. The molecule has 0 nitrogen and oxygen atoms in total. The van der Waals surface area contributed by atoms with Gasteiger partial charge in [-0.05, 0) is 167 Å². The highest BCUT2D eigenvalue weighted by Crippen LogP contribution is 2.68. The highest BCUT2D eigenvalue weighted by atomic mass is 14.6. The molecular weight excluding hydrogens is 745 g/mol. The van der Waals surface area contributed by atoms with Crippen molar-refractivity contribution in [1.29, 1.82) is 0 Å². The van der Waals surface area contributed by atoms with E-state index in [9.17, 15) is 0 Å². The summed E-state index contributed by atoms with van der Waals surface area (Å²) >= 11 is 0. The molecule has 10 aromatic carbocycles. The predicted octanol–water partition coefficient (Wildman–Crippen LogP) is 16.8. The summed E-state index contributed by atoms with van der Waals surface area (Å²) in [6.07, 6.45) is 6.58. The van der Waals surface area contributed by atoms with Gasteiger partial charge in [-0.3, -0.25) is 0 Å². The summed E-state index contributed by atoms with van der Waals surface area (Å²) in [5.41, 5.74) is 13.9. The number of rotatable bonds is 6. The topological polar surface area (TPSA) is 0 Å². The summed E-state index contributed by atoms with van der Waals surface area (Å²) in [6.45, 7) is 0. The second kappa shape index (κ2) is 14.1. The normalized spacial score (nSPS) is 21.6. The smallest absolute Gasteiger partial charge is 0.00359 e. The van der Waals surface area contributed by atoms with E-state index in [4.69, 9.17) is 0 Å². The van der Waals surface area contributed by atoms with Gasteiger partial charge in [0.25, 0.3) is 0 Å². The largest absolute Gasteiger partial charge is 0.0622 e. The molecule has 4 fully saturated rings. The lowest BCUT2D eigenvalue weighted by Crippen LogP contribution is -2.54. The molecule has 0 heteroatoms. The number of hydrogen-bond acceptors (Lipinski definition) is 0. The van der Waals surface area contributed by atoms with Crippen LogP contribution in [-0.4, -0.2) is 0 Å². The summed E-state index contributed by atoms with van der Waals surface area (Å²) in [4.78, 5) is 0. The molecule has 62 heavy (non-hydrogen) atoms. The Hall–Kier alpha value is -6.76. The zero-order valence-corrected chi connectivity index (χ0v) is 35.0. The van der Waals surface area contributed by atoms with Crippen molar-refractivity contribution < 1.29 is 0 Å². The van der Waals surface area contributed by atoms with Crippen LogP contribution in [0.2, 0.25) is 0 Å². The molecule has 0 heterocycles. The molecule has 10 aromatic rings. The average molecular weight is 793 g/mol. The maximum Gasteiger partial charge on any atom is 0.00359 e. The Morgan fingerprint density at radius 1 is 0.355 bits per heavy atom. The Bertz CT molecular complexity index is 3340. The summed E-state index contributed by atoms with van der Waals surface area (Å²) < 4.78 is 0. The van der Waals surface area contributed by atoms with Gasteiger partial charge >= 0.3 is 0 Å². The first-order chi connectivity index (χ1) is 30.7. The molecule has 0 aromatic heterocycles. The van der Waals surface area contributed by atoms with Crippen LogP contribution in [0.1, 0.15) is 49.1 Å². The monoisotopic (exact) mass is 792 g/mol. The third kappa shape index (κ3) is 5.45. The Balaban J connectivity index is 1.06. The molecule has 3 atom stereocenters. The summed E-state index contributed by atoms with van der Waals surface area (Å²) in [5, 5.41) is 10.5. The number of fused-ring (bicyclic) bond motifs is 4. The van der Waals surface area contributed by atoms with E-state index in [1.54, 1.807) is 11.1 Å². The minimum Gasteiger partial charge on any atom is -0.0622 e. The highest BCUT2D eigenvalue weighted by Gasteiger charge is 2.59. The Morgan fingerprint density at radius 3 is 1.40 bits per heavy atom. The van der Waals surface area contributed by atoms with E-state index in [0.29, 0.717) is 11.8 Å². The van der Waals surface area contributed by atoms with Gasteiger partial charge in [0, 0.05) is 5.41 Å². The van der Waals surface area contributed by atoms with Gasteiger partial charge in [-0.15, -0.1) is 0 Å². The molecule has 4 aliphatic rings. The fourth-order valence-corrected chi connectivity index (χ4v) is 13.6. The fourth-order valence-electron chi connectivity index (χ4n) is 13.6. The van der Waals surface area contributed by atoms with E-state index in [0.717, 1.165) is 11.8 Å². The van der Waals surface area contributed by atoms with E-state index in [1.807, 2.05) is 0 Å². The molecule has 0 saturated heterocycles. The minimum atomic E-state index is 0.0207. The SMILES string of the molecule is c1ccc(-c2c3ccccc3cc3cccc(-c4ccccc4C4C5CC6CC(C5)CC4(c4ccccc4-c4cccc5cc7ccccc7c(-c7ccccc7)c45)C6)c23)cc1. The molecule has 0 amide bonds. The van der Waals surface area contributed by atoms with Crippen LogP contribution in [0.5, 0.6) is 0 Å².